The topological polar surface area (TPSA) is 55.1 Å². The van der Waals surface area contributed by atoms with E-state index in [0.717, 1.165) is 23.3 Å². The maximum atomic E-state index is 12.9. The van der Waals surface area contributed by atoms with Gasteiger partial charge >= 0.3 is 0 Å². The minimum Gasteiger partial charge on any atom is -0.351 e. The second kappa shape index (κ2) is 9.48. The van der Waals surface area contributed by atoms with Crippen molar-refractivity contribution < 1.29 is 4.79 Å². The van der Waals surface area contributed by atoms with Crippen LogP contribution in [0.25, 0.3) is 0 Å². The maximum absolute atomic E-state index is 12.9. The highest BCUT2D eigenvalue weighted by molar-refractivity contribution is 8.00. The first-order chi connectivity index (χ1) is 11.7. The molecule has 0 heterocycles. The summed E-state index contributed by atoms with van der Waals surface area (Å²) in [7, 11) is 0. The molecule has 25 heavy (non-hydrogen) atoms. The van der Waals surface area contributed by atoms with Gasteiger partial charge in [0.2, 0.25) is 5.91 Å². The van der Waals surface area contributed by atoms with E-state index in [2.05, 4.69) is 5.32 Å². The summed E-state index contributed by atoms with van der Waals surface area (Å²) in [6.07, 6.45) is 2.30. The fourth-order valence-corrected chi connectivity index (χ4v) is 4.02. The molecule has 0 bridgehead atoms. The Kier molecular flexibility index (Phi) is 7.63. The highest BCUT2D eigenvalue weighted by Gasteiger charge is 2.33. The molecule has 3 nitrogen and oxygen atoms in total. The van der Waals surface area contributed by atoms with E-state index in [1.54, 1.807) is 0 Å². The summed E-state index contributed by atoms with van der Waals surface area (Å²) in [6, 6.07) is 17.5. The molecule has 0 aliphatic heterocycles. The lowest BCUT2D eigenvalue weighted by molar-refractivity contribution is -0.121. The number of carbonyl (C=O) groups excluding carboxylic acids is 1. The van der Waals surface area contributed by atoms with Crippen molar-refractivity contribution in [3.63, 3.8) is 0 Å². The van der Waals surface area contributed by atoms with Crippen LogP contribution in [-0.2, 0) is 4.79 Å². The zero-order chi connectivity index (χ0) is 16.9. The third-order valence-corrected chi connectivity index (χ3v) is 5.97. The molecule has 6 heteroatoms. The second-order valence-corrected chi connectivity index (χ2v) is 7.58. The van der Waals surface area contributed by atoms with Crippen LogP contribution < -0.4 is 11.1 Å². The largest absolute Gasteiger partial charge is 0.351 e. The SMILES string of the molecule is Cl.NCC(NC(=O)C(Sc1ccccc1Cl)c1ccccc1)C1CC1. The Labute approximate surface area is 164 Å². The molecule has 0 aromatic heterocycles. The number of amides is 1. The van der Waals surface area contributed by atoms with Crippen molar-refractivity contribution in [2.45, 2.75) is 29.0 Å². The van der Waals surface area contributed by atoms with Crippen LogP contribution in [0.3, 0.4) is 0 Å². The van der Waals surface area contributed by atoms with Crippen molar-refractivity contribution in [1.82, 2.24) is 5.32 Å². The molecule has 1 aliphatic rings. The summed E-state index contributed by atoms with van der Waals surface area (Å²) < 4.78 is 0. The number of halogens is 2. The van der Waals surface area contributed by atoms with E-state index in [4.69, 9.17) is 17.3 Å². The first-order valence-corrected chi connectivity index (χ1v) is 9.41. The van der Waals surface area contributed by atoms with E-state index >= 15 is 0 Å². The van der Waals surface area contributed by atoms with Gasteiger partial charge in [-0.2, -0.15) is 0 Å². The molecule has 1 saturated carbocycles. The molecule has 2 aromatic rings. The van der Waals surface area contributed by atoms with Crippen LogP contribution in [0.4, 0.5) is 0 Å². The number of carbonyl (C=O) groups is 1. The number of nitrogens with two attached hydrogens (primary N) is 1. The van der Waals surface area contributed by atoms with Crippen LogP contribution in [0, 0.1) is 5.92 Å². The van der Waals surface area contributed by atoms with Gasteiger partial charge in [-0.15, -0.1) is 24.2 Å². The summed E-state index contributed by atoms with van der Waals surface area (Å²) in [5.74, 6) is 0.522. The Hall–Kier alpha value is -1.20. The van der Waals surface area contributed by atoms with Gasteiger partial charge in [-0.1, -0.05) is 54.1 Å². The molecule has 0 spiro atoms. The van der Waals surface area contributed by atoms with Crippen molar-refractivity contribution in [3.05, 3.63) is 65.2 Å². The van der Waals surface area contributed by atoms with Crippen LogP contribution in [0.1, 0.15) is 23.7 Å². The highest BCUT2D eigenvalue weighted by Crippen LogP contribution is 2.39. The van der Waals surface area contributed by atoms with Crippen molar-refractivity contribution in [1.29, 1.82) is 0 Å². The zero-order valence-corrected chi connectivity index (χ0v) is 16.1. The van der Waals surface area contributed by atoms with Crippen LogP contribution >= 0.6 is 35.8 Å². The summed E-state index contributed by atoms with van der Waals surface area (Å²) in [6.45, 7) is 0.481. The Morgan fingerprint density at radius 3 is 2.40 bits per heavy atom. The van der Waals surface area contributed by atoms with Crippen molar-refractivity contribution in [3.8, 4) is 0 Å². The highest BCUT2D eigenvalue weighted by atomic mass is 35.5. The van der Waals surface area contributed by atoms with Gasteiger partial charge in [-0.05, 0) is 36.5 Å². The molecule has 1 aliphatic carbocycles. The molecule has 0 saturated heterocycles. The smallest absolute Gasteiger partial charge is 0.238 e. The first-order valence-electron chi connectivity index (χ1n) is 8.15. The molecule has 0 radical (unpaired) electrons. The molecule has 1 amide bonds. The van der Waals surface area contributed by atoms with Crippen LogP contribution in [0.5, 0.6) is 0 Å². The molecular weight excluding hydrogens is 375 g/mol. The fourth-order valence-electron chi connectivity index (χ4n) is 2.69. The zero-order valence-electron chi connectivity index (χ0n) is 13.7. The van der Waals surface area contributed by atoms with Gasteiger partial charge < -0.3 is 11.1 Å². The lowest BCUT2D eigenvalue weighted by Crippen LogP contribution is -2.43. The van der Waals surface area contributed by atoms with E-state index in [1.165, 1.54) is 11.8 Å². The van der Waals surface area contributed by atoms with Gasteiger partial charge in [-0.25, -0.2) is 0 Å². The predicted octanol–water partition coefficient (Wildman–Crippen LogP) is 4.45. The Morgan fingerprint density at radius 2 is 1.80 bits per heavy atom. The normalized spacial score (nSPS) is 15.8. The van der Waals surface area contributed by atoms with Gasteiger partial charge in [0.1, 0.15) is 5.25 Å². The lowest BCUT2D eigenvalue weighted by Gasteiger charge is -2.22. The third-order valence-electron chi connectivity index (χ3n) is 4.19. The molecule has 3 rings (SSSR count). The van der Waals surface area contributed by atoms with Gasteiger partial charge in [0.25, 0.3) is 0 Å². The van der Waals surface area contributed by atoms with Gasteiger partial charge in [0.05, 0.1) is 5.02 Å². The Morgan fingerprint density at radius 1 is 1.16 bits per heavy atom. The van der Waals surface area contributed by atoms with E-state index < -0.39 is 0 Å². The van der Waals surface area contributed by atoms with Crippen LogP contribution in [0.15, 0.2) is 59.5 Å². The summed E-state index contributed by atoms with van der Waals surface area (Å²) in [5, 5.41) is 3.45. The summed E-state index contributed by atoms with van der Waals surface area (Å²) in [4.78, 5) is 13.8. The molecule has 2 atom stereocenters. The lowest BCUT2D eigenvalue weighted by atomic mass is 10.1. The molecule has 2 aromatic carbocycles. The van der Waals surface area contributed by atoms with E-state index in [0.29, 0.717) is 17.5 Å². The number of benzene rings is 2. The maximum Gasteiger partial charge on any atom is 0.238 e. The standard InChI is InChI=1S/C19H21ClN2OS.ClH/c20-15-8-4-5-9-17(15)24-18(14-6-2-1-3-7-14)19(23)22-16(12-21)13-10-11-13;/h1-9,13,16,18H,10-12,21H2,(H,22,23);1H. The Balaban J connectivity index is 0.00000225. The molecule has 134 valence electrons. The van der Waals surface area contributed by atoms with E-state index in [-0.39, 0.29) is 29.6 Å². The van der Waals surface area contributed by atoms with Crippen LogP contribution in [0.2, 0.25) is 5.02 Å². The molecular formula is C19H22Cl2N2OS. The number of rotatable bonds is 7. The van der Waals surface area contributed by atoms with Crippen LogP contribution in [-0.4, -0.2) is 18.5 Å². The van der Waals surface area contributed by atoms with Crippen molar-refractivity contribution >= 4 is 41.7 Å². The monoisotopic (exact) mass is 396 g/mol. The Bertz CT molecular complexity index is 695. The molecule has 3 N–H and O–H groups in total. The van der Waals surface area contributed by atoms with E-state index in [9.17, 15) is 4.79 Å². The van der Waals surface area contributed by atoms with Crippen molar-refractivity contribution in [2.75, 3.05) is 6.54 Å². The summed E-state index contributed by atoms with van der Waals surface area (Å²) >= 11 is 7.76. The first kappa shape index (κ1) is 20.1. The number of thioether (sulfide) groups is 1. The average Bonchev–Trinajstić information content (AvgIpc) is 3.44. The summed E-state index contributed by atoms with van der Waals surface area (Å²) in [5.41, 5.74) is 6.80. The van der Waals surface area contributed by atoms with Gasteiger partial charge in [-0.3, -0.25) is 4.79 Å². The fraction of sp³-hybridized carbons (Fsp3) is 0.316. The number of hydrogen-bond acceptors (Lipinski definition) is 3. The second-order valence-electron chi connectivity index (χ2n) is 6.03. The van der Waals surface area contributed by atoms with Gasteiger partial charge in [0, 0.05) is 17.5 Å². The molecule has 2 unspecified atom stereocenters. The predicted molar refractivity (Wildman–Crippen MR) is 107 cm³/mol. The van der Waals surface area contributed by atoms with E-state index in [1.807, 2.05) is 54.6 Å². The number of hydrogen-bond donors (Lipinski definition) is 2. The average molecular weight is 397 g/mol. The third kappa shape index (κ3) is 5.38. The molecule has 1 fully saturated rings. The minimum absolute atomic E-state index is 0. The minimum atomic E-state index is -0.348. The van der Waals surface area contributed by atoms with Crippen molar-refractivity contribution in [2.24, 2.45) is 11.7 Å². The van der Waals surface area contributed by atoms with Gasteiger partial charge in [0.15, 0.2) is 0 Å². The quantitative estimate of drug-likeness (QED) is 0.679. The number of nitrogens with one attached hydrogen (secondary N) is 1.